The first-order chi connectivity index (χ1) is 4.62. The summed E-state index contributed by atoms with van der Waals surface area (Å²) in [6.45, 7) is 3.59. The molecule has 0 saturated heterocycles. The van der Waals surface area contributed by atoms with Crippen LogP contribution >= 0.6 is 0 Å². The van der Waals surface area contributed by atoms with Gasteiger partial charge in [-0.2, -0.15) is 0 Å². The summed E-state index contributed by atoms with van der Waals surface area (Å²) in [6, 6.07) is 0. The Kier molecular flexibility index (Phi) is 4.10. The predicted molar refractivity (Wildman–Crippen MR) is 40.1 cm³/mol. The van der Waals surface area contributed by atoms with Crippen LogP contribution in [-0.4, -0.2) is 16.0 Å². The molecule has 0 aromatic carbocycles. The van der Waals surface area contributed by atoms with Crippen LogP contribution in [0.15, 0.2) is 0 Å². The molecule has 10 heavy (non-hydrogen) atoms. The van der Waals surface area contributed by atoms with Crippen molar-refractivity contribution in [3.8, 4) is 11.8 Å². The zero-order chi connectivity index (χ0) is 8.04. The van der Waals surface area contributed by atoms with E-state index >= 15 is 0 Å². The van der Waals surface area contributed by atoms with Crippen molar-refractivity contribution in [1.82, 2.24) is 0 Å². The normalized spacial score (nSPS) is 10.4. The molecule has 0 saturated carbocycles. The van der Waals surface area contributed by atoms with E-state index in [2.05, 4.69) is 11.8 Å². The molecule has 0 aromatic rings. The molecule has 0 heterocycles. The number of hydrogen-bond acceptors (Lipinski definition) is 2. The third kappa shape index (κ3) is 4.37. The van der Waals surface area contributed by atoms with Crippen LogP contribution in [0.4, 0.5) is 0 Å². The van der Waals surface area contributed by atoms with Gasteiger partial charge in [0, 0.05) is 6.42 Å². The van der Waals surface area contributed by atoms with Gasteiger partial charge in [0.05, 0.1) is 6.42 Å². The fourth-order valence-corrected chi connectivity index (χ4v) is 0.719. The molecule has 0 fully saturated rings. The fraction of sp³-hybridized carbons (Fsp3) is 0.750. The maximum Gasteiger partial charge on any atom is 0.173 e. The third-order valence-electron chi connectivity index (χ3n) is 1.20. The molecule has 0 unspecified atom stereocenters. The molecule has 0 amide bonds. The van der Waals surface area contributed by atoms with Crippen molar-refractivity contribution in [3.05, 3.63) is 0 Å². The Hall–Kier alpha value is -0.520. The van der Waals surface area contributed by atoms with Gasteiger partial charge in [-0.1, -0.05) is 19.3 Å². The smallest absolute Gasteiger partial charge is 0.173 e. The summed E-state index contributed by atoms with van der Waals surface area (Å²) in [5, 5.41) is 18.2. The van der Waals surface area contributed by atoms with E-state index in [4.69, 9.17) is 10.2 Å². The zero-order valence-electron chi connectivity index (χ0n) is 6.52. The van der Waals surface area contributed by atoms with Crippen molar-refractivity contribution >= 4 is 0 Å². The minimum absolute atomic E-state index is 0.150. The highest BCUT2D eigenvalue weighted by atomic mass is 16.5. The molecule has 0 spiro atoms. The molecule has 2 N–H and O–H groups in total. The molecule has 0 aliphatic rings. The molecule has 0 radical (unpaired) electrons. The molecule has 58 valence electrons. The van der Waals surface area contributed by atoms with Crippen molar-refractivity contribution in [2.24, 2.45) is 0 Å². The van der Waals surface area contributed by atoms with E-state index in [-0.39, 0.29) is 6.42 Å². The topological polar surface area (TPSA) is 40.5 Å². The van der Waals surface area contributed by atoms with E-state index in [0.29, 0.717) is 6.42 Å². The van der Waals surface area contributed by atoms with E-state index < -0.39 is 5.79 Å². The van der Waals surface area contributed by atoms with Crippen molar-refractivity contribution < 1.29 is 10.2 Å². The van der Waals surface area contributed by atoms with Crippen LogP contribution in [0.1, 0.15) is 33.1 Å². The predicted octanol–water partition coefficient (Wildman–Crippen LogP) is 0.881. The summed E-state index contributed by atoms with van der Waals surface area (Å²) in [6.07, 6.45) is 1.30. The van der Waals surface area contributed by atoms with E-state index in [1.807, 2.05) is 6.92 Å². The Morgan fingerprint density at radius 1 is 1.40 bits per heavy atom. The molecule has 0 rings (SSSR count). The van der Waals surface area contributed by atoms with Gasteiger partial charge in [0.1, 0.15) is 0 Å². The average Bonchev–Trinajstić information content (AvgIpc) is 1.84. The Labute approximate surface area is 61.9 Å². The van der Waals surface area contributed by atoms with E-state index in [1.54, 1.807) is 6.92 Å². The molecule has 0 atom stereocenters. The Bertz CT molecular complexity index is 139. The highest BCUT2D eigenvalue weighted by molar-refractivity contribution is 4.98. The van der Waals surface area contributed by atoms with Crippen LogP contribution in [0.3, 0.4) is 0 Å². The summed E-state index contributed by atoms with van der Waals surface area (Å²) in [7, 11) is 0. The van der Waals surface area contributed by atoms with Crippen LogP contribution in [0, 0.1) is 11.8 Å². The maximum atomic E-state index is 9.10. The van der Waals surface area contributed by atoms with E-state index in [0.717, 1.165) is 6.42 Å². The second-order valence-electron chi connectivity index (χ2n) is 2.34. The standard InChI is InChI=1S/C8H14O2/c1-3-5-7-8(9,10)6-4-2/h9-10H,4,6-7H2,1-2H3. The van der Waals surface area contributed by atoms with Gasteiger partial charge < -0.3 is 10.2 Å². The van der Waals surface area contributed by atoms with Crippen molar-refractivity contribution in [3.63, 3.8) is 0 Å². The van der Waals surface area contributed by atoms with Gasteiger partial charge >= 0.3 is 0 Å². The lowest BCUT2D eigenvalue weighted by atomic mass is 10.1. The lowest BCUT2D eigenvalue weighted by Gasteiger charge is -2.17. The molecular formula is C8H14O2. The van der Waals surface area contributed by atoms with Crippen molar-refractivity contribution in [1.29, 1.82) is 0 Å². The third-order valence-corrected chi connectivity index (χ3v) is 1.20. The minimum Gasteiger partial charge on any atom is -0.365 e. The minimum atomic E-state index is -1.57. The average molecular weight is 142 g/mol. The SMILES string of the molecule is CC#CCC(O)(O)CCC. The summed E-state index contributed by atoms with van der Waals surface area (Å²) >= 11 is 0. The van der Waals surface area contributed by atoms with E-state index in [9.17, 15) is 0 Å². The highest BCUT2D eigenvalue weighted by Crippen LogP contribution is 2.11. The first-order valence-electron chi connectivity index (χ1n) is 3.46. The largest absolute Gasteiger partial charge is 0.365 e. The number of hydrogen-bond donors (Lipinski definition) is 2. The highest BCUT2D eigenvalue weighted by Gasteiger charge is 2.19. The quantitative estimate of drug-likeness (QED) is 0.453. The number of aliphatic hydroxyl groups is 2. The summed E-state index contributed by atoms with van der Waals surface area (Å²) in [4.78, 5) is 0. The second-order valence-corrected chi connectivity index (χ2v) is 2.34. The Balaban J connectivity index is 3.70. The molecule has 0 aliphatic heterocycles. The maximum absolute atomic E-state index is 9.10. The van der Waals surface area contributed by atoms with Crippen molar-refractivity contribution in [2.45, 2.75) is 38.9 Å². The van der Waals surface area contributed by atoms with Crippen LogP contribution in [-0.2, 0) is 0 Å². The zero-order valence-corrected chi connectivity index (χ0v) is 6.52. The molecule has 0 aromatic heterocycles. The molecule has 0 aliphatic carbocycles. The van der Waals surface area contributed by atoms with Gasteiger partial charge in [0.15, 0.2) is 5.79 Å². The molecule has 2 nitrogen and oxygen atoms in total. The van der Waals surface area contributed by atoms with Gasteiger partial charge in [-0.05, 0) is 6.92 Å². The van der Waals surface area contributed by atoms with Crippen molar-refractivity contribution in [2.75, 3.05) is 0 Å². The van der Waals surface area contributed by atoms with E-state index in [1.165, 1.54) is 0 Å². The lowest BCUT2D eigenvalue weighted by Crippen LogP contribution is -2.26. The molecule has 0 bridgehead atoms. The van der Waals surface area contributed by atoms with Crippen LogP contribution in [0.25, 0.3) is 0 Å². The molecular weight excluding hydrogens is 128 g/mol. The van der Waals surface area contributed by atoms with Crippen LogP contribution in [0.5, 0.6) is 0 Å². The van der Waals surface area contributed by atoms with Gasteiger partial charge in [-0.25, -0.2) is 0 Å². The van der Waals surface area contributed by atoms with Crippen LogP contribution < -0.4 is 0 Å². The van der Waals surface area contributed by atoms with Gasteiger partial charge in [-0.15, -0.1) is 5.92 Å². The molecule has 2 heteroatoms. The Morgan fingerprint density at radius 2 is 2.00 bits per heavy atom. The fourth-order valence-electron chi connectivity index (χ4n) is 0.719. The summed E-state index contributed by atoms with van der Waals surface area (Å²) in [5.74, 6) is 3.66. The second kappa shape index (κ2) is 4.32. The van der Waals surface area contributed by atoms with Crippen LogP contribution in [0.2, 0.25) is 0 Å². The van der Waals surface area contributed by atoms with Gasteiger partial charge in [0.25, 0.3) is 0 Å². The lowest BCUT2D eigenvalue weighted by molar-refractivity contribution is -0.160. The van der Waals surface area contributed by atoms with Gasteiger partial charge in [-0.3, -0.25) is 0 Å². The Morgan fingerprint density at radius 3 is 2.40 bits per heavy atom. The monoisotopic (exact) mass is 142 g/mol. The first kappa shape index (κ1) is 9.48. The van der Waals surface area contributed by atoms with Gasteiger partial charge in [0.2, 0.25) is 0 Å². The summed E-state index contributed by atoms with van der Waals surface area (Å²) < 4.78 is 0. The summed E-state index contributed by atoms with van der Waals surface area (Å²) in [5.41, 5.74) is 0. The number of rotatable bonds is 3. The first-order valence-corrected chi connectivity index (χ1v) is 3.46.